The molecule has 0 radical (unpaired) electrons. The standard InChI is InChI=1S/C12H18ClN3O2/c1-6(2)11-14-10(13)7(3)12(15-11)16-4-8(17)9(18)5-16/h6,8-9,17-18H,4-5H2,1-3H3. The second-order valence-corrected chi connectivity index (χ2v) is 5.37. The summed E-state index contributed by atoms with van der Waals surface area (Å²) < 4.78 is 0. The van der Waals surface area contributed by atoms with E-state index in [9.17, 15) is 10.2 Å². The van der Waals surface area contributed by atoms with Crippen molar-refractivity contribution in [3.05, 3.63) is 16.5 Å². The van der Waals surface area contributed by atoms with Gasteiger partial charge in [-0.05, 0) is 6.92 Å². The van der Waals surface area contributed by atoms with Crippen LogP contribution in [0.25, 0.3) is 0 Å². The molecule has 0 bridgehead atoms. The summed E-state index contributed by atoms with van der Waals surface area (Å²) >= 11 is 6.11. The Hall–Kier alpha value is -0.910. The molecule has 1 aromatic rings. The SMILES string of the molecule is Cc1c(Cl)nc(C(C)C)nc1N1CC(O)C(O)C1. The zero-order chi connectivity index (χ0) is 13.4. The van der Waals surface area contributed by atoms with Crippen LogP contribution in [0.5, 0.6) is 0 Å². The Morgan fingerprint density at radius 3 is 2.28 bits per heavy atom. The number of β-amino-alcohol motifs (C(OH)–C–C–N with tert-alkyl or cyclic N) is 2. The minimum absolute atomic E-state index is 0.180. The van der Waals surface area contributed by atoms with Crippen LogP contribution in [0.1, 0.15) is 31.2 Å². The lowest BCUT2D eigenvalue weighted by Gasteiger charge is -2.20. The molecule has 2 heterocycles. The van der Waals surface area contributed by atoms with Crippen molar-refractivity contribution in [3.8, 4) is 0 Å². The Balaban J connectivity index is 2.38. The molecule has 2 atom stereocenters. The molecule has 2 N–H and O–H groups in total. The fourth-order valence-corrected chi connectivity index (χ4v) is 2.17. The molecule has 0 aromatic carbocycles. The van der Waals surface area contributed by atoms with Crippen LogP contribution >= 0.6 is 11.6 Å². The third-order valence-electron chi connectivity index (χ3n) is 3.15. The van der Waals surface area contributed by atoms with Crippen molar-refractivity contribution in [3.63, 3.8) is 0 Å². The van der Waals surface area contributed by atoms with Gasteiger partial charge in [-0.1, -0.05) is 25.4 Å². The number of anilines is 1. The second kappa shape index (κ2) is 4.99. The highest BCUT2D eigenvalue weighted by molar-refractivity contribution is 6.30. The molecule has 0 aliphatic carbocycles. The number of nitrogens with zero attached hydrogens (tertiary/aromatic N) is 3. The maximum absolute atomic E-state index is 9.60. The maximum Gasteiger partial charge on any atom is 0.137 e. The predicted molar refractivity (Wildman–Crippen MR) is 70.1 cm³/mol. The summed E-state index contributed by atoms with van der Waals surface area (Å²) in [5.41, 5.74) is 0.780. The predicted octanol–water partition coefficient (Wildman–Crippen LogP) is 1.10. The maximum atomic E-state index is 9.60. The van der Waals surface area contributed by atoms with Crippen LogP contribution in [-0.4, -0.2) is 45.5 Å². The summed E-state index contributed by atoms with van der Waals surface area (Å²) in [5.74, 6) is 1.56. The van der Waals surface area contributed by atoms with Crippen LogP contribution in [0.15, 0.2) is 0 Å². The smallest absolute Gasteiger partial charge is 0.137 e. The quantitative estimate of drug-likeness (QED) is 0.789. The molecule has 5 nitrogen and oxygen atoms in total. The summed E-state index contributed by atoms with van der Waals surface area (Å²) in [6.07, 6.45) is -1.47. The summed E-state index contributed by atoms with van der Waals surface area (Å²) in [6.45, 7) is 6.58. The van der Waals surface area contributed by atoms with Gasteiger partial charge in [0.25, 0.3) is 0 Å². The molecule has 6 heteroatoms. The van der Waals surface area contributed by atoms with Gasteiger partial charge in [0.1, 0.15) is 16.8 Å². The molecule has 100 valence electrons. The number of aliphatic hydroxyl groups is 2. The molecule has 0 spiro atoms. The minimum Gasteiger partial charge on any atom is -0.389 e. The van der Waals surface area contributed by atoms with E-state index in [0.29, 0.717) is 29.9 Å². The van der Waals surface area contributed by atoms with Gasteiger partial charge >= 0.3 is 0 Å². The van der Waals surface area contributed by atoms with Gasteiger partial charge in [-0.3, -0.25) is 0 Å². The normalized spacial score (nSPS) is 24.1. The van der Waals surface area contributed by atoms with Gasteiger partial charge in [-0.15, -0.1) is 0 Å². The number of hydrogen-bond donors (Lipinski definition) is 2. The zero-order valence-electron chi connectivity index (χ0n) is 10.8. The number of aliphatic hydroxyl groups excluding tert-OH is 2. The third kappa shape index (κ3) is 2.43. The Labute approximate surface area is 111 Å². The largest absolute Gasteiger partial charge is 0.389 e. The van der Waals surface area contributed by atoms with Gasteiger partial charge in [-0.2, -0.15) is 0 Å². The molecular weight excluding hydrogens is 254 g/mol. The molecule has 2 unspecified atom stereocenters. The highest BCUT2D eigenvalue weighted by Crippen LogP contribution is 2.28. The lowest BCUT2D eigenvalue weighted by atomic mass is 10.2. The van der Waals surface area contributed by atoms with Crippen LogP contribution in [0.2, 0.25) is 5.15 Å². The topological polar surface area (TPSA) is 69.5 Å². The van der Waals surface area contributed by atoms with Crippen molar-refractivity contribution in [1.82, 2.24) is 9.97 Å². The van der Waals surface area contributed by atoms with Crippen LogP contribution in [-0.2, 0) is 0 Å². The first-order valence-electron chi connectivity index (χ1n) is 6.05. The number of aromatic nitrogens is 2. The summed E-state index contributed by atoms with van der Waals surface area (Å²) in [7, 11) is 0. The van der Waals surface area contributed by atoms with Crippen molar-refractivity contribution in [2.45, 2.75) is 38.9 Å². The van der Waals surface area contributed by atoms with Gasteiger partial charge in [0, 0.05) is 24.6 Å². The van der Waals surface area contributed by atoms with E-state index < -0.39 is 12.2 Å². The molecule has 0 saturated carbocycles. The van der Waals surface area contributed by atoms with Crippen LogP contribution in [0.3, 0.4) is 0 Å². The van der Waals surface area contributed by atoms with E-state index in [2.05, 4.69) is 9.97 Å². The Morgan fingerprint density at radius 2 is 1.78 bits per heavy atom. The van der Waals surface area contributed by atoms with E-state index >= 15 is 0 Å². The first-order valence-corrected chi connectivity index (χ1v) is 6.43. The summed E-state index contributed by atoms with van der Waals surface area (Å²) in [6, 6.07) is 0. The first kappa shape index (κ1) is 13.5. The van der Waals surface area contributed by atoms with Crippen molar-refractivity contribution in [2.75, 3.05) is 18.0 Å². The van der Waals surface area contributed by atoms with E-state index in [1.807, 2.05) is 25.7 Å². The van der Waals surface area contributed by atoms with Crippen molar-refractivity contribution in [2.24, 2.45) is 0 Å². The molecular formula is C12H18ClN3O2. The monoisotopic (exact) mass is 271 g/mol. The molecule has 2 rings (SSSR count). The summed E-state index contributed by atoms with van der Waals surface area (Å²) in [5, 5.41) is 19.6. The van der Waals surface area contributed by atoms with E-state index in [0.717, 1.165) is 5.56 Å². The van der Waals surface area contributed by atoms with Gasteiger partial charge in [0.2, 0.25) is 0 Å². The Kier molecular flexibility index (Phi) is 3.75. The lowest BCUT2D eigenvalue weighted by Crippen LogP contribution is -2.24. The highest BCUT2D eigenvalue weighted by atomic mass is 35.5. The van der Waals surface area contributed by atoms with Crippen molar-refractivity contribution >= 4 is 17.4 Å². The highest BCUT2D eigenvalue weighted by Gasteiger charge is 2.31. The van der Waals surface area contributed by atoms with Crippen LogP contribution < -0.4 is 4.90 Å². The molecule has 0 amide bonds. The zero-order valence-corrected chi connectivity index (χ0v) is 11.5. The van der Waals surface area contributed by atoms with E-state index in [1.54, 1.807) is 0 Å². The average Bonchev–Trinajstić information content (AvgIpc) is 2.62. The lowest BCUT2D eigenvalue weighted by molar-refractivity contribution is 0.0572. The Bertz CT molecular complexity index is 443. The van der Waals surface area contributed by atoms with Gasteiger partial charge in [0.05, 0.1) is 12.2 Å². The first-order chi connectivity index (χ1) is 8.40. The van der Waals surface area contributed by atoms with Crippen molar-refractivity contribution < 1.29 is 10.2 Å². The Morgan fingerprint density at radius 1 is 1.22 bits per heavy atom. The molecule has 1 aliphatic rings. The molecule has 1 aliphatic heterocycles. The number of halogens is 1. The molecule has 1 saturated heterocycles. The van der Waals surface area contributed by atoms with Crippen LogP contribution in [0.4, 0.5) is 5.82 Å². The van der Waals surface area contributed by atoms with Crippen molar-refractivity contribution in [1.29, 1.82) is 0 Å². The molecule has 18 heavy (non-hydrogen) atoms. The summed E-state index contributed by atoms with van der Waals surface area (Å²) in [4.78, 5) is 10.6. The van der Waals surface area contributed by atoms with Crippen LogP contribution in [0, 0.1) is 6.92 Å². The average molecular weight is 272 g/mol. The number of rotatable bonds is 2. The molecule has 1 fully saturated rings. The number of hydrogen-bond acceptors (Lipinski definition) is 5. The van der Waals surface area contributed by atoms with Gasteiger partial charge < -0.3 is 15.1 Å². The van der Waals surface area contributed by atoms with Gasteiger partial charge in [0.15, 0.2) is 0 Å². The second-order valence-electron chi connectivity index (χ2n) is 5.02. The minimum atomic E-state index is -0.736. The van der Waals surface area contributed by atoms with Gasteiger partial charge in [-0.25, -0.2) is 9.97 Å². The van der Waals surface area contributed by atoms with E-state index in [1.165, 1.54) is 0 Å². The molecule has 1 aromatic heterocycles. The van der Waals surface area contributed by atoms with E-state index in [-0.39, 0.29) is 5.92 Å². The van der Waals surface area contributed by atoms with E-state index in [4.69, 9.17) is 11.6 Å². The fraction of sp³-hybridized carbons (Fsp3) is 0.667. The third-order valence-corrected chi connectivity index (χ3v) is 3.52. The fourth-order valence-electron chi connectivity index (χ4n) is 2.00.